The Morgan fingerprint density at radius 1 is 1.23 bits per heavy atom. The molecule has 22 heavy (non-hydrogen) atoms. The first-order valence-electron chi connectivity index (χ1n) is 8.49. The number of aromatic nitrogens is 1. The number of rotatable bonds is 4. The lowest BCUT2D eigenvalue weighted by Crippen LogP contribution is -2.43. The molecule has 1 aromatic rings. The van der Waals surface area contributed by atoms with Gasteiger partial charge >= 0.3 is 0 Å². The minimum absolute atomic E-state index is 0.0726. The fraction of sp³-hybridized carbons (Fsp3) is 0.667. The van der Waals surface area contributed by atoms with Crippen LogP contribution in [0.15, 0.2) is 0 Å². The summed E-state index contributed by atoms with van der Waals surface area (Å²) >= 11 is 0. The van der Waals surface area contributed by atoms with Crippen molar-refractivity contribution in [3.63, 3.8) is 0 Å². The van der Waals surface area contributed by atoms with Crippen LogP contribution in [0.3, 0.4) is 0 Å². The van der Waals surface area contributed by atoms with E-state index in [4.69, 9.17) is 0 Å². The lowest BCUT2D eigenvalue weighted by Gasteiger charge is -2.32. The Kier molecular flexibility index (Phi) is 3.87. The van der Waals surface area contributed by atoms with Gasteiger partial charge in [-0.25, -0.2) is 0 Å². The largest absolute Gasteiger partial charge is 0.354 e. The summed E-state index contributed by atoms with van der Waals surface area (Å²) in [4.78, 5) is 30.6. The van der Waals surface area contributed by atoms with Gasteiger partial charge in [0.1, 0.15) is 5.69 Å². The Balaban J connectivity index is 1.96. The highest BCUT2D eigenvalue weighted by molar-refractivity contribution is 6.04. The summed E-state index contributed by atoms with van der Waals surface area (Å²) in [5.74, 6) is 0.684. The van der Waals surface area contributed by atoms with E-state index in [0.29, 0.717) is 24.1 Å². The SMILES string of the molecule is Cc1c(C(=O)N(C2CC2)[C@@H](C)C(C)C)[nH]c2c1C(=O)CCC2. The molecule has 0 unspecified atom stereocenters. The molecule has 3 rings (SSSR count). The van der Waals surface area contributed by atoms with Crippen molar-refractivity contribution in [2.24, 2.45) is 5.92 Å². The molecule has 4 heteroatoms. The molecule has 0 radical (unpaired) electrons. The van der Waals surface area contributed by atoms with Crippen molar-refractivity contribution in [1.29, 1.82) is 0 Å². The van der Waals surface area contributed by atoms with Crippen molar-refractivity contribution in [1.82, 2.24) is 9.88 Å². The maximum Gasteiger partial charge on any atom is 0.271 e. The number of aromatic amines is 1. The van der Waals surface area contributed by atoms with Crippen LogP contribution >= 0.6 is 0 Å². The summed E-state index contributed by atoms with van der Waals surface area (Å²) in [6.45, 7) is 8.36. The standard InChI is InChI=1S/C18H26N2O2/c1-10(2)12(4)20(13-8-9-13)18(22)17-11(3)16-14(19-17)6-5-7-15(16)21/h10,12-13,19H,5-9H2,1-4H3/t12-/m0/s1. The lowest BCUT2D eigenvalue weighted by atomic mass is 9.93. The number of carbonyl (C=O) groups excluding carboxylic acids is 2. The van der Waals surface area contributed by atoms with Gasteiger partial charge in [-0.15, -0.1) is 0 Å². The minimum atomic E-state index is 0.0726. The Morgan fingerprint density at radius 3 is 2.45 bits per heavy atom. The summed E-state index contributed by atoms with van der Waals surface area (Å²) in [6.07, 6.45) is 4.56. The molecule has 1 saturated carbocycles. The molecule has 1 amide bonds. The third kappa shape index (κ3) is 2.49. The smallest absolute Gasteiger partial charge is 0.271 e. The predicted molar refractivity (Wildman–Crippen MR) is 86.3 cm³/mol. The summed E-state index contributed by atoms with van der Waals surface area (Å²) < 4.78 is 0. The first-order valence-corrected chi connectivity index (χ1v) is 8.49. The molecule has 1 heterocycles. The second kappa shape index (κ2) is 5.56. The third-order valence-corrected chi connectivity index (χ3v) is 5.23. The van der Waals surface area contributed by atoms with Crippen molar-refractivity contribution in [3.8, 4) is 0 Å². The molecule has 0 bridgehead atoms. The highest BCUT2D eigenvalue weighted by atomic mass is 16.2. The van der Waals surface area contributed by atoms with Gasteiger partial charge in [0.15, 0.2) is 5.78 Å². The monoisotopic (exact) mass is 302 g/mol. The number of ketones is 1. The van der Waals surface area contributed by atoms with E-state index in [-0.39, 0.29) is 17.7 Å². The van der Waals surface area contributed by atoms with Crippen LogP contribution in [-0.4, -0.2) is 33.7 Å². The normalized spacial score (nSPS) is 19.2. The fourth-order valence-electron chi connectivity index (χ4n) is 3.47. The van der Waals surface area contributed by atoms with E-state index in [1.807, 2.05) is 11.8 Å². The van der Waals surface area contributed by atoms with Crippen LogP contribution < -0.4 is 0 Å². The number of fused-ring (bicyclic) bond motifs is 1. The van der Waals surface area contributed by atoms with E-state index < -0.39 is 0 Å². The predicted octanol–water partition coefficient (Wildman–Crippen LogP) is 3.49. The van der Waals surface area contributed by atoms with Gasteiger partial charge in [-0.3, -0.25) is 9.59 Å². The van der Waals surface area contributed by atoms with Crippen LogP contribution in [0.5, 0.6) is 0 Å². The van der Waals surface area contributed by atoms with Gasteiger partial charge in [-0.05, 0) is 51.0 Å². The Labute approximate surface area is 132 Å². The van der Waals surface area contributed by atoms with E-state index in [0.717, 1.165) is 42.5 Å². The van der Waals surface area contributed by atoms with Crippen molar-refractivity contribution in [3.05, 3.63) is 22.5 Å². The number of H-pyrrole nitrogens is 1. The van der Waals surface area contributed by atoms with Gasteiger partial charge in [0, 0.05) is 29.8 Å². The lowest BCUT2D eigenvalue weighted by molar-refractivity contribution is 0.0621. The Hall–Kier alpha value is -1.58. The van der Waals surface area contributed by atoms with Crippen LogP contribution in [0, 0.1) is 12.8 Å². The van der Waals surface area contributed by atoms with Gasteiger partial charge in [0.2, 0.25) is 0 Å². The quantitative estimate of drug-likeness (QED) is 0.925. The van der Waals surface area contributed by atoms with E-state index in [9.17, 15) is 9.59 Å². The van der Waals surface area contributed by atoms with Crippen LogP contribution in [0.4, 0.5) is 0 Å². The average molecular weight is 302 g/mol. The van der Waals surface area contributed by atoms with Crippen LogP contribution in [-0.2, 0) is 6.42 Å². The Morgan fingerprint density at radius 2 is 1.91 bits per heavy atom. The van der Waals surface area contributed by atoms with E-state index >= 15 is 0 Å². The number of nitrogens with zero attached hydrogens (tertiary/aromatic N) is 1. The molecule has 4 nitrogen and oxygen atoms in total. The molecule has 2 aliphatic rings. The molecule has 1 N–H and O–H groups in total. The number of hydrogen-bond donors (Lipinski definition) is 1. The van der Waals surface area contributed by atoms with Gasteiger partial charge in [0.25, 0.3) is 5.91 Å². The highest BCUT2D eigenvalue weighted by Gasteiger charge is 2.39. The molecular formula is C18H26N2O2. The Bertz CT molecular complexity index is 611. The van der Waals surface area contributed by atoms with E-state index in [2.05, 4.69) is 25.8 Å². The molecule has 0 aromatic carbocycles. The topological polar surface area (TPSA) is 53.2 Å². The number of aryl methyl sites for hydroxylation is 1. The number of Topliss-reactive ketones (excluding diaryl/α,β-unsaturated/α-hetero) is 1. The minimum Gasteiger partial charge on any atom is -0.354 e. The number of amides is 1. The first kappa shape index (κ1) is 15.3. The van der Waals surface area contributed by atoms with Crippen molar-refractivity contribution >= 4 is 11.7 Å². The van der Waals surface area contributed by atoms with Crippen LogP contribution in [0.25, 0.3) is 0 Å². The maximum absolute atomic E-state index is 13.1. The van der Waals surface area contributed by atoms with Crippen LogP contribution in [0.1, 0.15) is 78.6 Å². The zero-order valence-corrected chi connectivity index (χ0v) is 14.0. The van der Waals surface area contributed by atoms with E-state index in [1.165, 1.54) is 0 Å². The molecule has 0 saturated heterocycles. The molecular weight excluding hydrogens is 276 g/mol. The third-order valence-electron chi connectivity index (χ3n) is 5.23. The van der Waals surface area contributed by atoms with Gasteiger partial charge in [-0.2, -0.15) is 0 Å². The average Bonchev–Trinajstić information content (AvgIpc) is 3.23. The second-order valence-electron chi connectivity index (χ2n) is 7.18. The van der Waals surface area contributed by atoms with Gasteiger partial charge in [0.05, 0.1) is 0 Å². The summed E-state index contributed by atoms with van der Waals surface area (Å²) in [6, 6.07) is 0.593. The van der Waals surface area contributed by atoms with Crippen molar-refractivity contribution in [2.45, 2.75) is 71.9 Å². The molecule has 1 atom stereocenters. The van der Waals surface area contributed by atoms with Crippen molar-refractivity contribution < 1.29 is 9.59 Å². The summed E-state index contributed by atoms with van der Waals surface area (Å²) in [7, 11) is 0. The summed E-state index contributed by atoms with van der Waals surface area (Å²) in [5.41, 5.74) is 3.23. The molecule has 1 fully saturated rings. The highest BCUT2D eigenvalue weighted by Crippen LogP contribution is 2.34. The zero-order chi connectivity index (χ0) is 16.0. The molecule has 1 aromatic heterocycles. The molecule has 2 aliphatic carbocycles. The number of nitrogens with one attached hydrogen (secondary N) is 1. The second-order valence-corrected chi connectivity index (χ2v) is 7.18. The zero-order valence-electron chi connectivity index (χ0n) is 14.0. The first-order chi connectivity index (χ1) is 10.4. The fourth-order valence-corrected chi connectivity index (χ4v) is 3.47. The van der Waals surface area contributed by atoms with Gasteiger partial charge in [-0.1, -0.05) is 13.8 Å². The number of hydrogen-bond acceptors (Lipinski definition) is 2. The molecule has 0 aliphatic heterocycles. The molecule has 120 valence electrons. The van der Waals surface area contributed by atoms with E-state index in [1.54, 1.807) is 0 Å². The summed E-state index contributed by atoms with van der Waals surface area (Å²) in [5, 5.41) is 0. The van der Waals surface area contributed by atoms with Crippen molar-refractivity contribution in [2.75, 3.05) is 0 Å². The van der Waals surface area contributed by atoms with Crippen LogP contribution in [0.2, 0.25) is 0 Å². The molecule has 0 spiro atoms. The maximum atomic E-state index is 13.1. The van der Waals surface area contributed by atoms with Gasteiger partial charge < -0.3 is 9.88 Å². The number of carbonyl (C=O) groups is 2.